The lowest BCUT2D eigenvalue weighted by Crippen LogP contribution is -2.17. The maximum atomic E-state index is 12.7. The smallest absolute Gasteiger partial charge is 0.268 e. The lowest BCUT2D eigenvalue weighted by molar-refractivity contribution is 0.0969. The molecule has 3 aromatic rings. The van der Waals surface area contributed by atoms with Crippen molar-refractivity contribution < 1.29 is 9.59 Å². The zero-order valence-electron chi connectivity index (χ0n) is 17.8. The van der Waals surface area contributed by atoms with Gasteiger partial charge in [-0.25, -0.2) is 15.0 Å². The number of nitrogens with two attached hydrogens (primary N) is 1. The van der Waals surface area contributed by atoms with Gasteiger partial charge in [-0.3, -0.25) is 9.59 Å². The van der Waals surface area contributed by atoms with E-state index in [0.717, 1.165) is 5.56 Å². The topological polar surface area (TPSA) is 137 Å². The van der Waals surface area contributed by atoms with Crippen molar-refractivity contribution >= 4 is 57.9 Å². The molecule has 3 aromatic heterocycles. The highest BCUT2D eigenvalue weighted by molar-refractivity contribution is 7.13. The number of hydrogen-bond acceptors (Lipinski definition) is 9. The Kier molecular flexibility index (Phi) is 7.06. The van der Waals surface area contributed by atoms with Gasteiger partial charge >= 0.3 is 0 Å². The van der Waals surface area contributed by atoms with Crippen LogP contribution in [0, 0.1) is 0 Å². The SMILES string of the molecule is CC(CC(=O)c1ncnc(N)c1Cl)c1ncc(C(=O)Nc2cc(C(C)(C)C)c(Cl)nn2)s1. The van der Waals surface area contributed by atoms with Crippen molar-refractivity contribution in [2.45, 2.75) is 45.4 Å². The van der Waals surface area contributed by atoms with Gasteiger partial charge in [0.15, 0.2) is 16.8 Å². The number of anilines is 2. The first-order valence-electron chi connectivity index (χ1n) is 9.57. The predicted octanol–water partition coefficient (Wildman–Crippen LogP) is 4.54. The minimum atomic E-state index is -0.379. The van der Waals surface area contributed by atoms with Crippen molar-refractivity contribution in [2.75, 3.05) is 11.1 Å². The van der Waals surface area contributed by atoms with Gasteiger partial charge in [-0.05, 0) is 11.5 Å². The second-order valence-corrected chi connectivity index (χ2v) is 9.95. The Hall–Kier alpha value is -2.69. The van der Waals surface area contributed by atoms with Crippen LogP contribution < -0.4 is 11.1 Å². The standard InChI is InChI=1S/C20H21Cl2N7O2S/c1-9(5-11(30)15-14(21)17(23)26-8-25-15)19-24-7-12(32-19)18(31)27-13-6-10(20(2,3)4)16(22)29-28-13/h6-9H,5H2,1-4H3,(H2,23,25,26)(H,27,28,31). The van der Waals surface area contributed by atoms with Crippen LogP contribution in [-0.4, -0.2) is 36.8 Å². The summed E-state index contributed by atoms with van der Waals surface area (Å²) in [4.78, 5) is 37.6. The Morgan fingerprint density at radius 3 is 2.59 bits per heavy atom. The summed E-state index contributed by atoms with van der Waals surface area (Å²) < 4.78 is 0. The molecule has 1 unspecified atom stereocenters. The number of aromatic nitrogens is 5. The first-order valence-corrected chi connectivity index (χ1v) is 11.1. The number of hydrogen-bond donors (Lipinski definition) is 2. The molecule has 0 bridgehead atoms. The van der Waals surface area contributed by atoms with Gasteiger partial charge < -0.3 is 11.1 Å². The zero-order chi connectivity index (χ0) is 23.6. The molecule has 0 aromatic carbocycles. The minimum absolute atomic E-state index is 0.0302. The number of carbonyl (C=O) groups excluding carboxylic acids is 2. The van der Waals surface area contributed by atoms with Crippen LogP contribution in [0.5, 0.6) is 0 Å². The van der Waals surface area contributed by atoms with Crippen LogP contribution in [0.25, 0.3) is 0 Å². The fraction of sp³-hybridized carbons (Fsp3) is 0.350. The van der Waals surface area contributed by atoms with E-state index >= 15 is 0 Å². The van der Waals surface area contributed by atoms with Gasteiger partial charge in [0, 0.05) is 17.9 Å². The summed E-state index contributed by atoms with van der Waals surface area (Å²) in [5, 5.41) is 11.5. The molecule has 3 N–H and O–H groups in total. The summed E-state index contributed by atoms with van der Waals surface area (Å²) in [6, 6.07) is 1.70. The van der Waals surface area contributed by atoms with E-state index in [1.165, 1.54) is 23.9 Å². The van der Waals surface area contributed by atoms with E-state index in [2.05, 4.69) is 30.5 Å². The van der Waals surface area contributed by atoms with Gasteiger partial charge in [0.2, 0.25) is 0 Å². The van der Waals surface area contributed by atoms with Crippen molar-refractivity contribution in [1.29, 1.82) is 0 Å². The largest absolute Gasteiger partial charge is 0.382 e. The van der Waals surface area contributed by atoms with E-state index in [-0.39, 0.29) is 46.0 Å². The molecule has 3 heterocycles. The van der Waals surface area contributed by atoms with Crippen LogP contribution in [0.4, 0.5) is 11.6 Å². The number of amides is 1. The average molecular weight is 494 g/mol. The second-order valence-electron chi connectivity index (χ2n) is 8.15. The molecule has 0 aliphatic rings. The van der Waals surface area contributed by atoms with Crippen LogP contribution in [0.3, 0.4) is 0 Å². The molecule has 1 amide bonds. The zero-order valence-corrected chi connectivity index (χ0v) is 20.1. The summed E-state index contributed by atoms with van der Waals surface area (Å²) in [6.07, 6.45) is 2.75. The van der Waals surface area contributed by atoms with Crippen molar-refractivity contribution in [3.63, 3.8) is 0 Å². The number of nitrogens with one attached hydrogen (secondary N) is 1. The fourth-order valence-electron chi connectivity index (χ4n) is 2.80. The Balaban J connectivity index is 1.70. The number of nitrogens with zero attached hydrogens (tertiary/aromatic N) is 5. The molecule has 32 heavy (non-hydrogen) atoms. The number of nitrogen functional groups attached to an aromatic ring is 1. The first-order chi connectivity index (χ1) is 15.0. The molecule has 0 aliphatic carbocycles. The van der Waals surface area contributed by atoms with Crippen LogP contribution in [0.1, 0.15) is 70.8 Å². The first kappa shape index (κ1) is 24.0. The maximum Gasteiger partial charge on any atom is 0.268 e. The highest BCUT2D eigenvalue weighted by Gasteiger charge is 2.23. The summed E-state index contributed by atoms with van der Waals surface area (Å²) >= 11 is 13.4. The van der Waals surface area contributed by atoms with Gasteiger partial charge in [-0.1, -0.05) is 50.9 Å². The molecule has 9 nitrogen and oxygen atoms in total. The van der Waals surface area contributed by atoms with E-state index in [9.17, 15) is 9.59 Å². The van der Waals surface area contributed by atoms with Crippen LogP contribution in [0.2, 0.25) is 10.2 Å². The molecule has 0 saturated heterocycles. The molecule has 0 aliphatic heterocycles. The van der Waals surface area contributed by atoms with Crippen LogP contribution >= 0.6 is 34.5 Å². The Morgan fingerprint density at radius 1 is 1.19 bits per heavy atom. The van der Waals surface area contributed by atoms with Gasteiger partial charge in [-0.2, -0.15) is 0 Å². The number of ketones is 1. The number of rotatable bonds is 6. The van der Waals surface area contributed by atoms with Gasteiger partial charge in [0.25, 0.3) is 5.91 Å². The van der Waals surface area contributed by atoms with E-state index in [4.69, 9.17) is 28.9 Å². The number of halogens is 2. The average Bonchev–Trinajstić information content (AvgIpc) is 3.21. The molecule has 0 spiro atoms. The molecular formula is C20H21Cl2N7O2S. The summed E-state index contributed by atoms with van der Waals surface area (Å²) in [5.74, 6) is -0.590. The minimum Gasteiger partial charge on any atom is -0.382 e. The monoisotopic (exact) mass is 493 g/mol. The second kappa shape index (κ2) is 9.43. The lowest BCUT2D eigenvalue weighted by Gasteiger charge is -2.20. The van der Waals surface area contributed by atoms with Gasteiger partial charge in [0.1, 0.15) is 27.7 Å². The molecule has 1 atom stereocenters. The third-order valence-electron chi connectivity index (χ3n) is 4.54. The lowest BCUT2D eigenvalue weighted by atomic mass is 9.88. The van der Waals surface area contributed by atoms with Crippen molar-refractivity contribution in [1.82, 2.24) is 25.1 Å². The van der Waals surface area contributed by atoms with E-state index in [0.29, 0.717) is 20.9 Å². The third-order valence-corrected chi connectivity index (χ3v) is 6.42. The van der Waals surface area contributed by atoms with Crippen molar-refractivity contribution in [3.8, 4) is 0 Å². The van der Waals surface area contributed by atoms with Crippen molar-refractivity contribution in [2.24, 2.45) is 0 Å². The predicted molar refractivity (Wildman–Crippen MR) is 125 cm³/mol. The highest BCUT2D eigenvalue weighted by atomic mass is 35.5. The Bertz CT molecular complexity index is 1180. The molecule has 0 radical (unpaired) electrons. The van der Waals surface area contributed by atoms with Gasteiger partial charge in [0.05, 0.1) is 11.2 Å². The molecular weight excluding hydrogens is 473 g/mol. The molecule has 3 rings (SSSR count). The van der Waals surface area contributed by atoms with Crippen molar-refractivity contribution in [3.05, 3.63) is 49.9 Å². The van der Waals surface area contributed by atoms with E-state index in [1.807, 2.05) is 27.7 Å². The highest BCUT2D eigenvalue weighted by Crippen LogP contribution is 2.30. The summed E-state index contributed by atoms with van der Waals surface area (Å²) in [5.41, 5.74) is 6.21. The maximum absolute atomic E-state index is 12.7. The normalized spacial score (nSPS) is 12.4. The van der Waals surface area contributed by atoms with Gasteiger partial charge in [-0.15, -0.1) is 21.5 Å². The fourth-order valence-corrected chi connectivity index (χ4v) is 4.25. The molecule has 0 saturated carbocycles. The molecule has 168 valence electrons. The quantitative estimate of drug-likeness (QED) is 0.477. The van der Waals surface area contributed by atoms with Crippen LogP contribution in [0.15, 0.2) is 18.6 Å². The van der Waals surface area contributed by atoms with E-state index in [1.54, 1.807) is 6.07 Å². The number of thiazole rings is 1. The Morgan fingerprint density at radius 2 is 1.91 bits per heavy atom. The summed E-state index contributed by atoms with van der Waals surface area (Å²) in [6.45, 7) is 7.80. The number of Topliss-reactive ketones (excluding diaryl/α,β-unsaturated/α-hetero) is 1. The summed E-state index contributed by atoms with van der Waals surface area (Å²) in [7, 11) is 0. The van der Waals surface area contributed by atoms with Crippen LogP contribution in [-0.2, 0) is 5.41 Å². The number of carbonyl (C=O) groups is 2. The molecule has 12 heteroatoms. The third kappa shape index (κ3) is 5.37. The van der Waals surface area contributed by atoms with E-state index < -0.39 is 0 Å². The molecule has 0 fully saturated rings. The Labute approximate surface area is 198 Å².